The number of carbonyl (C=O) groups is 2. The fourth-order valence-corrected chi connectivity index (χ4v) is 3.45. The van der Waals surface area contributed by atoms with Gasteiger partial charge in [-0.25, -0.2) is 4.39 Å². The first-order chi connectivity index (χ1) is 13.8. The van der Waals surface area contributed by atoms with E-state index in [0.29, 0.717) is 23.6 Å². The van der Waals surface area contributed by atoms with Crippen molar-refractivity contribution in [2.24, 2.45) is 5.92 Å². The molecule has 6 heteroatoms. The van der Waals surface area contributed by atoms with E-state index < -0.39 is 0 Å². The summed E-state index contributed by atoms with van der Waals surface area (Å²) in [6, 6.07) is 12.5. The largest absolute Gasteiger partial charge is 0.378 e. The average Bonchev–Trinajstić information content (AvgIpc) is 3.52. The second kappa shape index (κ2) is 9.07. The molecule has 3 rings (SSSR count). The summed E-state index contributed by atoms with van der Waals surface area (Å²) in [5, 5.41) is 5.49. The van der Waals surface area contributed by atoms with Gasteiger partial charge in [-0.15, -0.1) is 0 Å². The zero-order valence-corrected chi connectivity index (χ0v) is 17.2. The molecule has 29 heavy (non-hydrogen) atoms. The van der Waals surface area contributed by atoms with Crippen molar-refractivity contribution in [1.82, 2.24) is 5.32 Å². The van der Waals surface area contributed by atoms with Gasteiger partial charge in [0, 0.05) is 31.9 Å². The summed E-state index contributed by atoms with van der Waals surface area (Å²) in [4.78, 5) is 26.5. The van der Waals surface area contributed by atoms with Gasteiger partial charge < -0.3 is 15.5 Å². The van der Waals surface area contributed by atoms with Crippen LogP contribution in [0.1, 0.15) is 36.3 Å². The summed E-state index contributed by atoms with van der Waals surface area (Å²) in [6.45, 7) is 1.66. The van der Waals surface area contributed by atoms with Crippen LogP contribution in [0.25, 0.3) is 0 Å². The predicted octanol–water partition coefficient (Wildman–Crippen LogP) is 3.84. The number of carbonyl (C=O) groups excluding carboxylic acids is 2. The van der Waals surface area contributed by atoms with E-state index in [1.807, 2.05) is 49.3 Å². The van der Waals surface area contributed by atoms with Crippen LogP contribution in [0.3, 0.4) is 0 Å². The second-order valence-electron chi connectivity index (χ2n) is 7.92. The highest BCUT2D eigenvalue weighted by molar-refractivity contribution is 5.94. The van der Waals surface area contributed by atoms with Crippen molar-refractivity contribution in [3.63, 3.8) is 0 Å². The van der Waals surface area contributed by atoms with Crippen molar-refractivity contribution in [2.75, 3.05) is 30.9 Å². The number of amides is 2. The SMILES string of the molecule is Cc1cc(C(CC(=O)NCC(=O)Nc2ccc(N(C)C)cc2)C2CC2)ccc1F. The minimum absolute atomic E-state index is 0.0657. The van der Waals surface area contributed by atoms with Crippen LogP contribution in [0.4, 0.5) is 15.8 Å². The Morgan fingerprint density at radius 1 is 1.10 bits per heavy atom. The van der Waals surface area contributed by atoms with Gasteiger partial charge in [0.2, 0.25) is 11.8 Å². The molecule has 0 aromatic heterocycles. The van der Waals surface area contributed by atoms with Gasteiger partial charge in [-0.3, -0.25) is 9.59 Å². The Bertz CT molecular complexity index is 876. The highest BCUT2D eigenvalue weighted by Gasteiger charge is 2.33. The Labute approximate surface area is 171 Å². The van der Waals surface area contributed by atoms with Gasteiger partial charge in [-0.05, 0) is 73.1 Å². The van der Waals surface area contributed by atoms with E-state index in [9.17, 15) is 14.0 Å². The summed E-state index contributed by atoms with van der Waals surface area (Å²) in [7, 11) is 3.90. The van der Waals surface area contributed by atoms with Crippen LogP contribution in [0.2, 0.25) is 0 Å². The first kappa shape index (κ1) is 20.8. The molecule has 1 fully saturated rings. The molecular formula is C23H28FN3O2. The highest BCUT2D eigenvalue weighted by Crippen LogP contribution is 2.44. The normalized spacial score (nSPS) is 14.2. The van der Waals surface area contributed by atoms with E-state index in [1.54, 1.807) is 13.0 Å². The number of aryl methyl sites for hydroxylation is 1. The lowest BCUT2D eigenvalue weighted by Gasteiger charge is -2.17. The predicted molar refractivity (Wildman–Crippen MR) is 114 cm³/mol. The van der Waals surface area contributed by atoms with Crippen LogP contribution in [0.5, 0.6) is 0 Å². The topological polar surface area (TPSA) is 61.4 Å². The Hall–Kier alpha value is -2.89. The molecule has 2 aromatic carbocycles. The smallest absolute Gasteiger partial charge is 0.243 e. The second-order valence-corrected chi connectivity index (χ2v) is 7.92. The molecular weight excluding hydrogens is 369 g/mol. The molecule has 0 bridgehead atoms. The molecule has 0 spiro atoms. The van der Waals surface area contributed by atoms with Crippen LogP contribution in [-0.2, 0) is 9.59 Å². The third-order valence-electron chi connectivity index (χ3n) is 5.32. The number of nitrogens with zero attached hydrogens (tertiary/aromatic N) is 1. The number of benzene rings is 2. The molecule has 2 amide bonds. The molecule has 0 aliphatic heterocycles. The molecule has 0 heterocycles. The molecule has 1 aliphatic rings. The average molecular weight is 397 g/mol. The van der Waals surface area contributed by atoms with Crippen LogP contribution >= 0.6 is 0 Å². The maximum absolute atomic E-state index is 13.6. The molecule has 1 atom stereocenters. The highest BCUT2D eigenvalue weighted by atomic mass is 19.1. The molecule has 154 valence electrons. The summed E-state index contributed by atoms with van der Waals surface area (Å²) >= 11 is 0. The molecule has 1 aliphatic carbocycles. The van der Waals surface area contributed by atoms with Gasteiger partial charge in [0.1, 0.15) is 5.82 Å². The van der Waals surface area contributed by atoms with Crippen LogP contribution in [0, 0.1) is 18.7 Å². The van der Waals surface area contributed by atoms with Gasteiger partial charge >= 0.3 is 0 Å². The van der Waals surface area contributed by atoms with Crippen molar-refractivity contribution in [3.05, 3.63) is 59.4 Å². The van der Waals surface area contributed by atoms with Gasteiger partial charge in [0.15, 0.2) is 0 Å². The van der Waals surface area contributed by atoms with Gasteiger partial charge in [0.25, 0.3) is 0 Å². The maximum Gasteiger partial charge on any atom is 0.243 e. The molecule has 1 saturated carbocycles. The minimum atomic E-state index is -0.267. The number of hydrogen-bond donors (Lipinski definition) is 2. The number of halogens is 1. The Balaban J connectivity index is 1.51. The lowest BCUT2D eigenvalue weighted by molar-refractivity contribution is -0.124. The van der Waals surface area contributed by atoms with Gasteiger partial charge in [-0.1, -0.05) is 12.1 Å². The lowest BCUT2D eigenvalue weighted by atomic mass is 9.89. The molecule has 2 aromatic rings. The quantitative estimate of drug-likeness (QED) is 0.712. The first-order valence-electron chi connectivity index (χ1n) is 9.93. The zero-order chi connectivity index (χ0) is 21.0. The van der Waals surface area contributed by atoms with Crippen molar-refractivity contribution >= 4 is 23.2 Å². The van der Waals surface area contributed by atoms with Crippen LogP contribution in [-0.4, -0.2) is 32.5 Å². The zero-order valence-electron chi connectivity index (χ0n) is 17.2. The number of anilines is 2. The molecule has 0 radical (unpaired) electrons. The molecule has 1 unspecified atom stereocenters. The fraction of sp³-hybridized carbons (Fsp3) is 0.391. The first-order valence-corrected chi connectivity index (χ1v) is 9.93. The van der Waals surface area contributed by atoms with E-state index in [2.05, 4.69) is 10.6 Å². The summed E-state index contributed by atoms with van der Waals surface area (Å²) in [6.07, 6.45) is 2.47. The summed E-state index contributed by atoms with van der Waals surface area (Å²) < 4.78 is 13.6. The Morgan fingerprint density at radius 3 is 2.38 bits per heavy atom. The minimum Gasteiger partial charge on any atom is -0.378 e. The maximum atomic E-state index is 13.6. The monoisotopic (exact) mass is 397 g/mol. The van der Waals surface area contributed by atoms with E-state index in [0.717, 1.165) is 24.1 Å². The van der Waals surface area contributed by atoms with Gasteiger partial charge in [-0.2, -0.15) is 0 Å². The summed E-state index contributed by atoms with van der Waals surface area (Å²) in [5.41, 5.74) is 3.31. The number of rotatable bonds is 8. The van der Waals surface area contributed by atoms with Crippen molar-refractivity contribution < 1.29 is 14.0 Å². The Morgan fingerprint density at radius 2 is 1.79 bits per heavy atom. The Kier molecular flexibility index (Phi) is 6.52. The number of nitrogens with one attached hydrogen (secondary N) is 2. The standard InChI is InChI=1S/C23H28FN3O2/c1-15-12-17(6-11-21(15)24)20(16-4-5-16)13-22(28)25-14-23(29)26-18-7-9-19(10-8-18)27(2)3/h6-12,16,20H,4-5,13-14H2,1-3H3,(H,25,28)(H,26,29). The van der Waals surface area contributed by atoms with E-state index in [1.165, 1.54) is 6.07 Å². The third kappa shape index (κ3) is 5.79. The lowest BCUT2D eigenvalue weighted by Crippen LogP contribution is -2.33. The van der Waals surface area contributed by atoms with E-state index in [-0.39, 0.29) is 30.1 Å². The van der Waals surface area contributed by atoms with Gasteiger partial charge in [0.05, 0.1) is 6.54 Å². The van der Waals surface area contributed by atoms with Crippen molar-refractivity contribution in [2.45, 2.75) is 32.1 Å². The van der Waals surface area contributed by atoms with Crippen molar-refractivity contribution in [1.29, 1.82) is 0 Å². The van der Waals surface area contributed by atoms with E-state index >= 15 is 0 Å². The number of hydrogen-bond acceptors (Lipinski definition) is 3. The molecule has 2 N–H and O–H groups in total. The molecule has 5 nitrogen and oxygen atoms in total. The van der Waals surface area contributed by atoms with Crippen LogP contribution < -0.4 is 15.5 Å². The third-order valence-corrected chi connectivity index (χ3v) is 5.32. The van der Waals surface area contributed by atoms with E-state index in [4.69, 9.17) is 0 Å². The molecule has 0 saturated heterocycles. The fourth-order valence-electron chi connectivity index (χ4n) is 3.45. The van der Waals surface area contributed by atoms with Crippen molar-refractivity contribution in [3.8, 4) is 0 Å². The summed E-state index contributed by atoms with van der Waals surface area (Å²) in [5.74, 6) is -0.146. The van der Waals surface area contributed by atoms with Crippen LogP contribution in [0.15, 0.2) is 42.5 Å².